The second kappa shape index (κ2) is 9.03. The molecule has 9 heteroatoms. The van der Waals surface area contributed by atoms with Gasteiger partial charge in [-0.05, 0) is 39.0 Å². The van der Waals surface area contributed by atoms with Crippen LogP contribution < -0.4 is 5.32 Å². The molecule has 0 spiro atoms. The van der Waals surface area contributed by atoms with Gasteiger partial charge in [-0.1, -0.05) is 11.8 Å². The number of carbonyl (C=O) groups excluding carboxylic acids is 2. The first-order valence-corrected chi connectivity index (χ1v) is 10.4. The first-order chi connectivity index (χ1) is 13.5. The van der Waals surface area contributed by atoms with Crippen LogP contribution in [0.15, 0.2) is 39.4 Å². The highest BCUT2D eigenvalue weighted by molar-refractivity contribution is 7.99. The summed E-state index contributed by atoms with van der Waals surface area (Å²) in [5.41, 5.74) is 2.58. The summed E-state index contributed by atoms with van der Waals surface area (Å²) in [5.74, 6) is -0.0983. The molecule has 1 N–H and O–H groups in total. The van der Waals surface area contributed by atoms with E-state index in [9.17, 15) is 9.59 Å². The molecule has 0 atom stereocenters. The van der Waals surface area contributed by atoms with Gasteiger partial charge in [0.05, 0.1) is 18.6 Å². The van der Waals surface area contributed by atoms with Gasteiger partial charge in [0.2, 0.25) is 5.91 Å². The van der Waals surface area contributed by atoms with Crippen LogP contribution in [-0.4, -0.2) is 34.2 Å². The summed E-state index contributed by atoms with van der Waals surface area (Å²) in [6.45, 7) is 5.73. The fourth-order valence-corrected chi connectivity index (χ4v) is 4.22. The molecule has 0 unspecified atom stereocenters. The summed E-state index contributed by atoms with van der Waals surface area (Å²) in [7, 11) is 0. The Morgan fingerprint density at radius 3 is 2.68 bits per heavy atom. The lowest BCUT2D eigenvalue weighted by Gasteiger charge is -2.08. The van der Waals surface area contributed by atoms with E-state index in [1.807, 2.05) is 19.9 Å². The second-order valence-electron chi connectivity index (χ2n) is 5.82. The van der Waals surface area contributed by atoms with Gasteiger partial charge in [0, 0.05) is 22.3 Å². The largest absolute Gasteiger partial charge is 0.464 e. The Labute approximate surface area is 170 Å². The Balaban J connectivity index is 1.75. The Kier molecular flexibility index (Phi) is 6.48. The van der Waals surface area contributed by atoms with Crippen LogP contribution in [0.1, 0.15) is 28.7 Å². The van der Waals surface area contributed by atoms with Gasteiger partial charge in [-0.2, -0.15) is 0 Å². The predicted octanol–water partition coefficient (Wildman–Crippen LogP) is 4.32. The summed E-state index contributed by atoms with van der Waals surface area (Å²) in [5, 5.41) is 5.53. The number of rotatable bonds is 7. The minimum absolute atomic E-state index is 0.124. The molecule has 0 aliphatic heterocycles. The van der Waals surface area contributed by atoms with Crippen molar-refractivity contribution in [2.45, 2.75) is 25.9 Å². The van der Waals surface area contributed by atoms with E-state index in [0.717, 1.165) is 11.4 Å². The van der Waals surface area contributed by atoms with Gasteiger partial charge in [0.15, 0.2) is 5.16 Å². The van der Waals surface area contributed by atoms with Crippen molar-refractivity contribution in [2.24, 2.45) is 0 Å². The highest BCUT2D eigenvalue weighted by atomic mass is 32.2. The Morgan fingerprint density at radius 1 is 1.29 bits per heavy atom. The van der Waals surface area contributed by atoms with Crippen LogP contribution in [0, 0.1) is 13.8 Å². The third-order valence-corrected chi connectivity index (χ3v) is 5.35. The number of hydrogen-bond donors (Lipinski definition) is 1. The molecule has 3 rings (SSSR count). The highest BCUT2D eigenvalue weighted by Gasteiger charge is 2.24. The monoisotopic (exact) mass is 417 g/mol. The Hall–Kier alpha value is -2.65. The van der Waals surface area contributed by atoms with Crippen molar-refractivity contribution in [1.29, 1.82) is 0 Å². The molecule has 0 radical (unpaired) electrons. The van der Waals surface area contributed by atoms with Crippen molar-refractivity contribution in [3.05, 3.63) is 46.8 Å². The van der Waals surface area contributed by atoms with E-state index in [0.29, 0.717) is 27.0 Å². The number of ether oxygens (including phenoxy) is 1. The van der Waals surface area contributed by atoms with Crippen molar-refractivity contribution in [2.75, 3.05) is 17.7 Å². The van der Waals surface area contributed by atoms with Crippen molar-refractivity contribution in [1.82, 2.24) is 9.97 Å². The minimum Gasteiger partial charge on any atom is -0.464 e. The lowest BCUT2D eigenvalue weighted by atomic mass is 10.1. The lowest BCUT2D eigenvalue weighted by Crippen LogP contribution is -2.16. The van der Waals surface area contributed by atoms with E-state index >= 15 is 0 Å². The van der Waals surface area contributed by atoms with Gasteiger partial charge in [0.25, 0.3) is 0 Å². The van der Waals surface area contributed by atoms with Crippen LogP contribution >= 0.6 is 23.1 Å². The number of thioether (sulfide) groups is 1. The summed E-state index contributed by atoms with van der Waals surface area (Å²) in [6.07, 6.45) is 1.53. The smallest absolute Gasteiger partial charge is 0.341 e. The molecule has 0 aliphatic rings. The SMILES string of the molecule is CCOC(=O)c1c(-c2ccco2)csc1NC(=O)CSc1nc(C)cc(C)n1. The summed E-state index contributed by atoms with van der Waals surface area (Å²) in [4.78, 5) is 33.5. The zero-order valence-electron chi connectivity index (χ0n) is 15.6. The number of amides is 1. The maximum absolute atomic E-state index is 12.4. The number of esters is 1. The second-order valence-corrected chi connectivity index (χ2v) is 7.64. The molecule has 3 heterocycles. The van der Waals surface area contributed by atoms with Crippen molar-refractivity contribution in [3.63, 3.8) is 0 Å². The molecule has 0 fully saturated rings. The maximum Gasteiger partial charge on any atom is 0.341 e. The summed E-state index contributed by atoms with van der Waals surface area (Å²) >= 11 is 2.49. The zero-order chi connectivity index (χ0) is 20.1. The highest BCUT2D eigenvalue weighted by Crippen LogP contribution is 2.36. The summed E-state index contributed by atoms with van der Waals surface area (Å²) in [6, 6.07) is 5.36. The number of carbonyl (C=O) groups is 2. The fraction of sp³-hybridized carbons (Fsp3) is 0.263. The van der Waals surface area contributed by atoms with Gasteiger partial charge in [0.1, 0.15) is 16.3 Å². The maximum atomic E-state index is 12.4. The molecule has 146 valence electrons. The molecule has 3 aromatic heterocycles. The molecule has 7 nitrogen and oxygen atoms in total. The number of aromatic nitrogens is 2. The van der Waals surface area contributed by atoms with E-state index < -0.39 is 5.97 Å². The molecular weight excluding hydrogens is 398 g/mol. The first-order valence-electron chi connectivity index (χ1n) is 8.55. The Morgan fingerprint density at radius 2 is 2.04 bits per heavy atom. The van der Waals surface area contributed by atoms with Crippen molar-refractivity contribution < 1.29 is 18.7 Å². The third kappa shape index (κ3) is 4.79. The van der Waals surface area contributed by atoms with Crippen LogP contribution in [0.5, 0.6) is 0 Å². The lowest BCUT2D eigenvalue weighted by molar-refractivity contribution is -0.113. The van der Waals surface area contributed by atoms with Gasteiger partial charge in [-0.15, -0.1) is 11.3 Å². The number of anilines is 1. The molecule has 0 saturated heterocycles. The molecular formula is C19H19N3O4S2. The standard InChI is InChI=1S/C19H19N3O4S2/c1-4-25-18(24)16-13(14-6-5-7-26-14)9-27-17(16)22-15(23)10-28-19-20-11(2)8-12(3)21-19/h5-9H,4,10H2,1-3H3,(H,22,23). The number of furan rings is 1. The van der Waals surface area contributed by atoms with E-state index in [1.165, 1.54) is 29.4 Å². The first kappa shape index (κ1) is 20.1. The topological polar surface area (TPSA) is 94.3 Å². The van der Waals surface area contributed by atoms with Crippen LogP contribution in [0.4, 0.5) is 5.00 Å². The predicted molar refractivity (Wildman–Crippen MR) is 109 cm³/mol. The Bertz CT molecular complexity index is 963. The van der Waals surface area contributed by atoms with Crippen molar-refractivity contribution in [3.8, 4) is 11.3 Å². The average Bonchev–Trinajstić information content (AvgIpc) is 3.29. The van der Waals surface area contributed by atoms with E-state index in [1.54, 1.807) is 24.4 Å². The zero-order valence-corrected chi connectivity index (χ0v) is 17.3. The molecule has 0 aromatic carbocycles. The minimum atomic E-state index is -0.504. The van der Waals surface area contributed by atoms with Crippen LogP contribution in [0.25, 0.3) is 11.3 Å². The van der Waals surface area contributed by atoms with Gasteiger partial charge in [-0.3, -0.25) is 4.79 Å². The number of thiophene rings is 1. The van der Waals surface area contributed by atoms with Crippen LogP contribution in [0.3, 0.4) is 0 Å². The fourth-order valence-electron chi connectivity index (χ4n) is 2.52. The molecule has 0 saturated carbocycles. The van der Waals surface area contributed by atoms with Gasteiger partial charge in [-0.25, -0.2) is 14.8 Å². The normalized spacial score (nSPS) is 10.7. The van der Waals surface area contributed by atoms with E-state index in [-0.39, 0.29) is 18.3 Å². The molecule has 0 aliphatic carbocycles. The third-order valence-electron chi connectivity index (χ3n) is 3.60. The number of aryl methyl sites for hydroxylation is 2. The van der Waals surface area contributed by atoms with E-state index in [2.05, 4.69) is 15.3 Å². The van der Waals surface area contributed by atoms with Gasteiger partial charge < -0.3 is 14.5 Å². The molecule has 3 aromatic rings. The van der Waals surface area contributed by atoms with Crippen molar-refractivity contribution >= 4 is 40.0 Å². The summed E-state index contributed by atoms with van der Waals surface area (Å²) < 4.78 is 10.6. The molecule has 0 bridgehead atoms. The molecule has 1 amide bonds. The molecule has 28 heavy (non-hydrogen) atoms. The van der Waals surface area contributed by atoms with Crippen LogP contribution in [-0.2, 0) is 9.53 Å². The van der Waals surface area contributed by atoms with Gasteiger partial charge >= 0.3 is 5.97 Å². The number of nitrogens with one attached hydrogen (secondary N) is 1. The average molecular weight is 418 g/mol. The van der Waals surface area contributed by atoms with E-state index in [4.69, 9.17) is 9.15 Å². The number of hydrogen-bond acceptors (Lipinski definition) is 8. The quantitative estimate of drug-likeness (QED) is 0.347. The number of nitrogens with zero attached hydrogens (tertiary/aromatic N) is 2. The van der Waals surface area contributed by atoms with Crippen LogP contribution in [0.2, 0.25) is 0 Å².